The van der Waals surface area contributed by atoms with Crippen LogP contribution < -0.4 is 0 Å². The van der Waals surface area contributed by atoms with Gasteiger partial charge in [-0.1, -0.05) is 36.8 Å². The van der Waals surface area contributed by atoms with Crippen LogP contribution >= 0.6 is 0 Å². The van der Waals surface area contributed by atoms with E-state index >= 15 is 0 Å². The number of ketones is 1. The van der Waals surface area contributed by atoms with Crippen molar-refractivity contribution < 1.29 is 9.00 Å². The van der Waals surface area contributed by atoms with Crippen molar-refractivity contribution in [2.45, 2.75) is 38.9 Å². The molecule has 0 bridgehead atoms. The van der Waals surface area contributed by atoms with E-state index in [1.807, 2.05) is 32.0 Å². The summed E-state index contributed by atoms with van der Waals surface area (Å²) in [6.07, 6.45) is 1.89. The lowest BCUT2D eigenvalue weighted by Crippen LogP contribution is -2.04. The predicted octanol–water partition coefficient (Wildman–Crippen LogP) is 3.00. The maximum Gasteiger partial charge on any atom is 0.132 e. The Morgan fingerprint density at radius 3 is 2.76 bits per heavy atom. The lowest BCUT2D eigenvalue weighted by Gasteiger charge is -2.03. The molecule has 2 nitrogen and oxygen atoms in total. The van der Waals surface area contributed by atoms with Crippen LogP contribution in [0.4, 0.5) is 0 Å². The van der Waals surface area contributed by atoms with Gasteiger partial charge < -0.3 is 0 Å². The fourth-order valence-corrected chi connectivity index (χ4v) is 2.83. The molecule has 0 fully saturated rings. The van der Waals surface area contributed by atoms with Gasteiger partial charge in [-0.05, 0) is 18.9 Å². The van der Waals surface area contributed by atoms with Gasteiger partial charge in [-0.2, -0.15) is 0 Å². The maximum atomic E-state index is 11.8. The molecule has 0 heterocycles. The first-order valence-electron chi connectivity index (χ1n) is 6.04. The second-order valence-corrected chi connectivity index (χ2v) is 5.85. The summed E-state index contributed by atoms with van der Waals surface area (Å²) in [5, 5.41) is 0. The Bertz CT molecular complexity index is 399. The average Bonchev–Trinajstić information content (AvgIpc) is 2.28. The van der Waals surface area contributed by atoms with E-state index in [1.165, 1.54) is 5.56 Å². The Balaban J connectivity index is 2.32. The number of hydrogen-bond donors (Lipinski definition) is 0. The molecule has 0 aliphatic heterocycles. The topological polar surface area (TPSA) is 34.1 Å². The molecule has 94 valence electrons. The largest absolute Gasteiger partial charge is 0.300 e. The van der Waals surface area contributed by atoms with Crippen LogP contribution in [0.2, 0.25) is 0 Å². The molecule has 1 aromatic carbocycles. The molecule has 0 aromatic heterocycles. The smallest absolute Gasteiger partial charge is 0.132 e. The van der Waals surface area contributed by atoms with Crippen molar-refractivity contribution in [1.29, 1.82) is 0 Å². The van der Waals surface area contributed by atoms with Crippen LogP contribution in [0.25, 0.3) is 0 Å². The highest BCUT2D eigenvalue weighted by molar-refractivity contribution is 7.84. The molecule has 0 spiro atoms. The molecule has 17 heavy (non-hydrogen) atoms. The van der Waals surface area contributed by atoms with Crippen molar-refractivity contribution in [3.05, 3.63) is 35.4 Å². The minimum absolute atomic E-state index is 0.262. The van der Waals surface area contributed by atoms with Gasteiger partial charge in [-0.3, -0.25) is 9.00 Å². The highest BCUT2D eigenvalue weighted by Gasteiger charge is 2.04. The average molecular weight is 252 g/mol. The zero-order valence-corrected chi connectivity index (χ0v) is 11.4. The van der Waals surface area contributed by atoms with Crippen molar-refractivity contribution in [3.8, 4) is 0 Å². The van der Waals surface area contributed by atoms with Gasteiger partial charge in [0.1, 0.15) is 5.78 Å². The number of benzene rings is 1. The zero-order chi connectivity index (χ0) is 12.7. The molecular weight excluding hydrogens is 232 g/mol. The van der Waals surface area contributed by atoms with Crippen LogP contribution in [0, 0.1) is 6.92 Å². The normalized spacial score (nSPS) is 12.4. The first-order chi connectivity index (χ1) is 8.11. The van der Waals surface area contributed by atoms with E-state index in [9.17, 15) is 9.00 Å². The highest BCUT2D eigenvalue weighted by atomic mass is 32.2. The number of rotatable bonds is 7. The third-order valence-corrected chi connectivity index (χ3v) is 4.03. The quantitative estimate of drug-likeness (QED) is 0.747. The molecular formula is C14H20O2S. The summed E-state index contributed by atoms with van der Waals surface area (Å²) in [7, 11) is -0.850. The molecule has 0 amide bonds. The Kier molecular flexibility index (Phi) is 6.12. The fourth-order valence-electron chi connectivity index (χ4n) is 1.67. The molecule has 1 aromatic rings. The first kappa shape index (κ1) is 14.1. The minimum Gasteiger partial charge on any atom is -0.300 e. The van der Waals surface area contributed by atoms with Gasteiger partial charge in [-0.15, -0.1) is 0 Å². The molecule has 1 atom stereocenters. The lowest BCUT2D eigenvalue weighted by molar-refractivity contribution is -0.118. The van der Waals surface area contributed by atoms with E-state index in [1.54, 1.807) is 0 Å². The van der Waals surface area contributed by atoms with Gasteiger partial charge in [-0.25, -0.2) is 0 Å². The number of hydrogen-bond acceptors (Lipinski definition) is 2. The van der Waals surface area contributed by atoms with Crippen LogP contribution in [-0.2, 0) is 21.3 Å². The van der Waals surface area contributed by atoms with E-state index in [2.05, 4.69) is 6.07 Å². The molecule has 0 aliphatic carbocycles. The van der Waals surface area contributed by atoms with Crippen molar-refractivity contribution in [2.24, 2.45) is 0 Å². The van der Waals surface area contributed by atoms with Crippen molar-refractivity contribution in [1.82, 2.24) is 0 Å². The molecule has 0 saturated heterocycles. The van der Waals surface area contributed by atoms with Gasteiger partial charge in [0.05, 0.1) is 0 Å². The maximum absolute atomic E-state index is 11.8. The summed E-state index contributed by atoms with van der Waals surface area (Å²) in [5.41, 5.74) is 2.31. The number of carbonyl (C=O) groups is 1. The molecule has 1 rings (SSSR count). The Morgan fingerprint density at radius 2 is 2.12 bits per heavy atom. The Morgan fingerprint density at radius 1 is 1.35 bits per heavy atom. The monoisotopic (exact) mass is 252 g/mol. The molecule has 3 heteroatoms. The molecule has 0 saturated carbocycles. The van der Waals surface area contributed by atoms with Crippen LogP contribution in [0.1, 0.15) is 37.3 Å². The summed E-state index contributed by atoms with van der Waals surface area (Å²) in [4.78, 5) is 11.1. The van der Waals surface area contributed by atoms with Crippen molar-refractivity contribution in [2.75, 3.05) is 5.75 Å². The van der Waals surface area contributed by atoms with E-state index < -0.39 is 10.8 Å². The van der Waals surface area contributed by atoms with E-state index in [0.717, 1.165) is 12.0 Å². The van der Waals surface area contributed by atoms with Crippen LogP contribution in [0.15, 0.2) is 24.3 Å². The summed E-state index contributed by atoms with van der Waals surface area (Å²) < 4.78 is 11.8. The second kappa shape index (κ2) is 7.38. The standard InChI is InChI=1S/C14H20O2S/c1-3-14(15)8-5-9-17(16)11-13-7-4-6-12(2)10-13/h4,6-7,10H,3,5,8-9,11H2,1-2H3. The molecule has 0 N–H and O–H groups in total. The van der Waals surface area contributed by atoms with Gasteiger partial charge in [0.2, 0.25) is 0 Å². The summed E-state index contributed by atoms with van der Waals surface area (Å²) >= 11 is 0. The van der Waals surface area contributed by atoms with Gasteiger partial charge in [0.15, 0.2) is 0 Å². The second-order valence-electron chi connectivity index (χ2n) is 4.27. The fraction of sp³-hybridized carbons (Fsp3) is 0.500. The Hall–Kier alpha value is -0.960. The summed E-state index contributed by atoms with van der Waals surface area (Å²) in [6, 6.07) is 8.09. The molecule has 1 unspecified atom stereocenters. The lowest BCUT2D eigenvalue weighted by atomic mass is 10.2. The predicted molar refractivity (Wildman–Crippen MR) is 72.4 cm³/mol. The third-order valence-electron chi connectivity index (χ3n) is 2.63. The summed E-state index contributed by atoms with van der Waals surface area (Å²) in [5.74, 6) is 1.49. The van der Waals surface area contributed by atoms with E-state index in [4.69, 9.17) is 0 Å². The number of carbonyl (C=O) groups excluding carboxylic acids is 1. The molecule has 0 radical (unpaired) electrons. The van der Waals surface area contributed by atoms with Gasteiger partial charge in [0, 0.05) is 35.1 Å². The number of aryl methyl sites for hydroxylation is 1. The SMILES string of the molecule is CCC(=O)CCCS(=O)Cc1cccc(C)c1. The summed E-state index contributed by atoms with van der Waals surface area (Å²) in [6.45, 7) is 3.90. The minimum atomic E-state index is -0.850. The van der Waals surface area contributed by atoms with E-state index in [-0.39, 0.29) is 5.78 Å². The van der Waals surface area contributed by atoms with Crippen molar-refractivity contribution >= 4 is 16.6 Å². The van der Waals surface area contributed by atoms with Crippen molar-refractivity contribution in [3.63, 3.8) is 0 Å². The number of Topliss-reactive ketones (excluding diaryl/α,β-unsaturated/α-hetero) is 1. The van der Waals surface area contributed by atoms with Gasteiger partial charge >= 0.3 is 0 Å². The third kappa shape index (κ3) is 5.78. The highest BCUT2D eigenvalue weighted by Crippen LogP contribution is 2.08. The van der Waals surface area contributed by atoms with Crippen LogP contribution in [-0.4, -0.2) is 15.7 Å². The Labute approximate surface area is 106 Å². The van der Waals surface area contributed by atoms with Crippen LogP contribution in [0.3, 0.4) is 0 Å². The van der Waals surface area contributed by atoms with Gasteiger partial charge in [0.25, 0.3) is 0 Å². The first-order valence-corrected chi connectivity index (χ1v) is 7.53. The zero-order valence-electron chi connectivity index (χ0n) is 10.6. The molecule has 0 aliphatic rings. The van der Waals surface area contributed by atoms with E-state index in [0.29, 0.717) is 24.3 Å². The van der Waals surface area contributed by atoms with Crippen LogP contribution in [0.5, 0.6) is 0 Å².